The molecule has 9 heteroatoms. The first-order chi connectivity index (χ1) is 15.1. The van der Waals surface area contributed by atoms with Gasteiger partial charge >= 0.3 is 6.03 Å². The number of benzene rings is 2. The van der Waals surface area contributed by atoms with E-state index in [1.165, 1.54) is 28.8 Å². The number of carbonyl (C=O) groups excluding carboxylic acids is 1. The van der Waals surface area contributed by atoms with Crippen molar-refractivity contribution in [1.29, 1.82) is 0 Å². The molecule has 0 spiro atoms. The van der Waals surface area contributed by atoms with Gasteiger partial charge in [-0.3, -0.25) is 14.1 Å². The molecule has 2 amide bonds. The molecule has 0 aliphatic carbocycles. The highest BCUT2D eigenvalue weighted by atomic mass is 35.5. The first kappa shape index (κ1) is 20.0. The molecule has 0 bridgehead atoms. The van der Waals surface area contributed by atoms with Gasteiger partial charge < -0.3 is 10.6 Å². The second-order valence-corrected chi connectivity index (χ2v) is 9.85. The molecule has 0 unspecified atom stereocenters. The van der Waals surface area contributed by atoms with Crippen molar-refractivity contribution < 1.29 is 4.79 Å². The molecule has 0 fully saturated rings. The molecule has 5 rings (SSSR count). The second kappa shape index (κ2) is 8.30. The van der Waals surface area contributed by atoms with Crippen molar-refractivity contribution in [2.45, 2.75) is 10.6 Å². The minimum atomic E-state index is -0.340. The van der Waals surface area contributed by atoms with E-state index in [9.17, 15) is 9.59 Å². The zero-order valence-corrected chi connectivity index (χ0v) is 18.5. The summed E-state index contributed by atoms with van der Waals surface area (Å²) >= 11 is 8.48. The number of carbonyl (C=O) groups is 1. The van der Waals surface area contributed by atoms with Crippen LogP contribution >= 0.6 is 34.9 Å². The second-order valence-electron chi connectivity index (χ2n) is 7.03. The Morgan fingerprint density at radius 3 is 2.74 bits per heavy atom. The van der Waals surface area contributed by atoms with Gasteiger partial charge in [0.05, 0.1) is 8.55 Å². The van der Waals surface area contributed by atoms with Crippen LogP contribution in [0.25, 0.3) is 16.5 Å². The smallest absolute Gasteiger partial charge is 0.329 e. The third-order valence-electron chi connectivity index (χ3n) is 5.03. The fourth-order valence-electron chi connectivity index (χ4n) is 3.55. The maximum absolute atomic E-state index is 13.1. The number of anilines is 2. The monoisotopic (exact) mass is 468 g/mol. The predicted octanol–water partition coefficient (Wildman–Crippen LogP) is 5.50. The summed E-state index contributed by atoms with van der Waals surface area (Å²) in [6, 6.07) is 16.4. The number of rotatable bonds is 4. The Labute approximate surface area is 191 Å². The minimum absolute atomic E-state index is 0.0586. The van der Waals surface area contributed by atoms with E-state index in [-0.39, 0.29) is 11.6 Å². The first-order valence-electron chi connectivity index (χ1n) is 9.59. The molecule has 1 aliphatic rings. The standard InChI is InChI=1S/C22H17ClN4O2S2/c23-19-5-6-20(30-19)31-26-22(29)25-15-1-3-16(4-2-15)27-10-8-13-12-18-14(7-9-24-18)11-17(13)21(27)28/h1-6,8,10-12,24H,7,9H2,(H2,25,26,29). The van der Waals surface area contributed by atoms with Gasteiger partial charge in [-0.1, -0.05) is 11.6 Å². The van der Waals surface area contributed by atoms with E-state index in [2.05, 4.69) is 15.4 Å². The molecule has 3 N–H and O–H groups in total. The van der Waals surface area contributed by atoms with Crippen LogP contribution < -0.4 is 20.9 Å². The van der Waals surface area contributed by atoms with Crippen molar-refractivity contribution >= 4 is 63.1 Å². The Morgan fingerprint density at radius 2 is 1.97 bits per heavy atom. The van der Waals surface area contributed by atoms with Gasteiger partial charge in [-0.15, -0.1) is 11.3 Å². The highest BCUT2D eigenvalue weighted by Gasteiger charge is 2.13. The lowest BCUT2D eigenvalue weighted by Crippen LogP contribution is -2.22. The molecule has 2 aromatic heterocycles. The number of halogens is 1. The third-order valence-corrected chi connectivity index (χ3v) is 7.18. The normalized spacial score (nSPS) is 12.4. The van der Waals surface area contributed by atoms with Crippen LogP contribution in [0.5, 0.6) is 0 Å². The van der Waals surface area contributed by atoms with E-state index in [1.54, 1.807) is 29.0 Å². The van der Waals surface area contributed by atoms with Gasteiger partial charge in [0.2, 0.25) is 0 Å². The number of hydrogen-bond acceptors (Lipinski definition) is 5. The van der Waals surface area contributed by atoms with Crippen molar-refractivity contribution in [1.82, 2.24) is 9.29 Å². The first-order valence-corrected chi connectivity index (χ1v) is 11.6. The number of nitrogens with one attached hydrogen (secondary N) is 3. The number of hydrogen-bond donors (Lipinski definition) is 3. The summed E-state index contributed by atoms with van der Waals surface area (Å²) in [7, 11) is 0. The molecular formula is C22H17ClN4O2S2. The largest absolute Gasteiger partial charge is 0.384 e. The highest BCUT2D eigenvalue weighted by Crippen LogP contribution is 2.29. The fraction of sp³-hybridized carbons (Fsp3) is 0.0909. The number of aromatic nitrogens is 1. The molecule has 4 aromatic rings. The molecule has 6 nitrogen and oxygen atoms in total. The summed E-state index contributed by atoms with van der Waals surface area (Å²) in [5, 5.41) is 7.75. The fourth-order valence-corrected chi connectivity index (χ4v) is 5.41. The summed E-state index contributed by atoms with van der Waals surface area (Å²) in [6.07, 6.45) is 2.71. The van der Waals surface area contributed by atoms with E-state index < -0.39 is 0 Å². The summed E-state index contributed by atoms with van der Waals surface area (Å²) in [6.45, 7) is 0.904. The Kier molecular flexibility index (Phi) is 5.35. The number of nitrogens with zero attached hydrogens (tertiary/aromatic N) is 1. The van der Waals surface area contributed by atoms with Crippen LogP contribution in [0.3, 0.4) is 0 Å². The van der Waals surface area contributed by atoms with Crippen LogP contribution in [-0.2, 0) is 6.42 Å². The lowest BCUT2D eigenvalue weighted by atomic mass is 10.1. The molecule has 0 saturated heterocycles. The molecule has 3 heterocycles. The van der Waals surface area contributed by atoms with E-state index in [0.717, 1.165) is 33.9 Å². The Balaban J connectivity index is 1.32. The summed E-state index contributed by atoms with van der Waals surface area (Å²) in [5.41, 5.74) is 3.59. The van der Waals surface area contributed by atoms with E-state index >= 15 is 0 Å². The lowest BCUT2D eigenvalue weighted by molar-refractivity contribution is 0.257. The number of thiophene rings is 1. The summed E-state index contributed by atoms with van der Waals surface area (Å²) < 4.78 is 5.90. The topological polar surface area (TPSA) is 75.2 Å². The van der Waals surface area contributed by atoms with Crippen molar-refractivity contribution in [3.8, 4) is 5.69 Å². The highest BCUT2D eigenvalue weighted by molar-refractivity contribution is 7.99. The molecule has 2 aromatic carbocycles. The minimum Gasteiger partial charge on any atom is -0.384 e. The van der Waals surface area contributed by atoms with Crippen LogP contribution in [0.1, 0.15) is 5.56 Å². The lowest BCUT2D eigenvalue weighted by Gasteiger charge is -2.10. The van der Waals surface area contributed by atoms with Crippen molar-refractivity contribution in [2.24, 2.45) is 0 Å². The van der Waals surface area contributed by atoms with Gasteiger partial charge in [0, 0.05) is 35.2 Å². The van der Waals surface area contributed by atoms with Gasteiger partial charge in [0.15, 0.2) is 0 Å². The zero-order valence-electron chi connectivity index (χ0n) is 16.1. The average molecular weight is 469 g/mol. The van der Waals surface area contributed by atoms with Crippen LogP contribution in [0.15, 0.2) is 69.8 Å². The number of urea groups is 1. The maximum Gasteiger partial charge on any atom is 0.329 e. The summed E-state index contributed by atoms with van der Waals surface area (Å²) in [4.78, 5) is 25.2. The Hall–Kier alpha value is -2.94. The Bertz CT molecular complexity index is 1350. The quantitative estimate of drug-likeness (QED) is 0.345. The predicted molar refractivity (Wildman–Crippen MR) is 129 cm³/mol. The van der Waals surface area contributed by atoms with E-state index in [1.807, 2.05) is 36.4 Å². The number of amides is 2. The van der Waals surface area contributed by atoms with Gasteiger partial charge in [0.25, 0.3) is 5.56 Å². The van der Waals surface area contributed by atoms with E-state index in [4.69, 9.17) is 11.6 Å². The molecular weight excluding hydrogens is 452 g/mol. The molecule has 31 heavy (non-hydrogen) atoms. The van der Waals surface area contributed by atoms with Crippen LogP contribution in [0.2, 0.25) is 4.34 Å². The summed E-state index contributed by atoms with van der Waals surface area (Å²) in [5.74, 6) is 0. The Morgan fingerprint density at radius 1 is 1.13 bits per heavy atom. The molecule has 1 aliphatic heterocycles. The number of pyridine rings is 1. The van der Waals surface area contributed by atoms with Gasteiger partial charge in [-0.05, 0) is 83.9 Å². The average Bonchev–Trinajstić information content (AvgIpc) is 3.40. The zero-order chi connectivity index (χ0) is 21.4. The van der Waals surface area contributed by atoms with Crippen LogP contribution in [-0.4, -0.2) is 17.1 Å². The third kappa shape index (κ3) is 4.14. The van der Waals surface area contributed by atoms with E-state index in [0.29, 0.717) is 15.4 Å². The van der Waals surface area contributed by atoms with Crippen molar-refractivity contribution in [3.05, 3.63) is 81.0 Å². The maximum atomic E-state index is 13.1. The number of fused-ring (bicyclic) bond motifs is 2. The van der Waals surface area contributed by atoms with Crippen LogP contribution in [0.4, 0.5) is 16.2 Å². The molecule has 0 atom stereocenters. The van der Waals surface area contributed by atoms with Crippen molar-refractivity contribution in [3.63, 3.8) is 0 Å². The van der Waals surface area contributed by atoms with Gasteiger partial charge in [0.1, 0.15) is 0 Å². The molecule has 0 saturated carbocycles. The van der Waals surface area contributed by atoms with Crippen molar-refractivity contribution in [2.75, 3.05) is 17.2 Å². The molecule has 0 radical (unpaired) electrons. The van der Waals surface area contributed by atoms with Gasteiger partial charge in [-0.25, -0.2) is 4.79 Å². The van der Waals surface area contributed by atoms with Gasteiger partial charge in [-0.2, -0.15) is 0 Å². The van der Waals surface area contributed by atoms with Crippen LogP contribution in [0, 0.1) is 0 Å². The molecule has 156 valence electrons. The SMILES string of the molecule is O=C(NSc1ccc(Cl)s1)Nc1ccc(-n2ccc3cc4c(cc3c2=O)CCN4)cc1.